The van der Waals surface area contributed by atoms with Gasteiger partial charge in [0.15, 0.2) is 6.10 Å². The van der Waals surface area contributed by atoms with Crippen LogP contribution in [0.3, 0.4) is 0 Å². The maximum atomic E-state index is 14.3. The molecule has 0 fully saturated rings. The highest BCUT2D eigenvalue weighted by Gasteiger charge is 2.33. The van der Waals surface area contributed by atoms with Crippen LogP contribution in [-0.2, 0) is 14.8 Å². The minimum absolute atomic E-state index is 0.107. The predicted octanol–water partition coefficient (Wildman–Crippen LogP) is 4.01. The summed E-state index contributed by atoms with van der Waals surface area (Å²) in [5.74, 6) is 3.63. The summed E-state index contributed by atoms with van der Waals surface area (Å²) >= 11 is 6.04. The maximum Gasteiger partial charge on any atom is 0.345 e. The molecule has 2 aromatic rings. The number of aliphatic carboxylic acids is 1. The lowest BCUT2D eigenvalue weighted by Crippen LogP contribution is -2.39. The molecule has 2 rings (SSSR count). The van der Waals surface area contributed by atoms with E-state index < -0.39 is 33.3 Å². The molecule has 1 unspecified atom stereocenters. The van der Waals surface area contributed by atoms with E-state index in [1.807, 2.05) is 0 Å². The van der Waals surface area contributed by atoms with E-state index in [0.717, 1.165) is 22.5 Å². The lowest BCUT2D eigenvalue weighted by molar-refractivity contribution is -0.150. The number of ether oxygens (including phenoxy) is 1. The Morgan fingerprint density at radius 1 is 1.13 bits per heavy atom. The van der Waals surface area contributed by atoms with Gasteiger partial charge in [0.2, 0.25) is 10.0 Å². The molecule has 0 heterocycles. The van der Waals surface area contributed by atoms with E-state index in [-0.39, 0.29) is 21.8 Å². The molecule has 31 heavy (non-hydrogen) atoms. The molecule has 2 aromatic carbocycles. The van der Waals surface area contributed by atoms with E-state index in [1.54, 1.807) is 20.8 Å². The molecular formula is C22H23ClFNO5S. The predicted molar refractivity (Wildman–Crippen MR) is 116 cm³/mol. The Kier molecular flexibility index (Phi) is 7.37. The van der Waals surface area contributed by atoms with Crippen molar-refractivity contribution < 1.29 is 27.4 Å². The Balaban J connectivity index is 2.53. The standard InChI is InChI=1S/C22H23ClFNO5S/c1-22(2,3)20(21(26)27)30-19-11-8-16(23)12-15(19)7-6-14-13-17(9-10-18(14)24)31(28,29)25(4)5/h8-13,20H,1-5H3,(H,26,27). The number of sulfonamides is 1. The molecule has 0 aliphatic carbocycles. The number of halogens is 2. The normalized spacial score (nSPS) is 12.8. The molecule has 0 saturated heterocycles. The molecule has 1 atom stereocenters. The SMILES string of the molecule is CN(C)S(=O)(=O)c1ccc(F)c(C#Cc2cc(Cl)ccc2OC(C(=O)O)C(C)(C)C)c1. The van der Waals surface area contributed by atoms with Crippen LogP contribution >= 0.6 is 11.6 Å². The molecule has 0 aliphatic heterocycles. The van der Waals surface area contributed by atoms with Crippen molar-refractivity contribution in [3.63, 3.8) is 0 Å². The fourth-order valence-corrected chi connectivity index (χ4v) is 3.63. The monoisotopic (exact) mass is 467 g/mol. The summed E-state index contributed by atoms with van der Waals surface area (Å²) in [6.07, 6.45) is -1.17. The fraction of sp³-hybridized carbons (Fsp3) is 0.318. The minimum Gasteiger partial charge on any atom is -0.478 e. The second-order valence-electron chi connectivity index (χ2n) is 8.02. The van der Waals surface area contributed by atoms with E-state index >= 15 is 0 Å². The van der Waals surface area contributed by atoms with Gasteiger partial charge in [-0.15, -0.1) is 0 Å². The second kappa shape index (κ2) is 9.27. The van der Waals surface area contributed by atoms with Crippen LogP contribution in [0.4, 0.5) is 4.39 Å². The van der Waals surface area contributed by atoms with Gasteiger partial charge in [-0.1, -0.05) is 44.2 Å². The number of hydrogen-bond acceptors (Lipinski definition) is 4. The molecule has 0 spiro atoms. The Morgan fingerprint density at radius 2 is 1.74 bits per heavy atom. The van der Waals surface area contributed by atoms with Gasteiger partial charge in [0, 0.05) is 24.5 Å². The van der Waals surface area contributed by atoms with Gasteiger partial charge >= 0.3 is 5.97 Å². The smallest absolute Gasteiger partial charge is 0.345 e. The third-order valence-corrected chi connectivity index (χ3v) is 6.29. The summed E-state index contributed by atoms with van der Waals surface area (Å²) in [5, 5.41) is 9.84. The van der Waals surface area contributed by atoms with Crippen molar-refractivity contribution in [2.24, 2.45) is 5.41 Å². The van der Waals surface area contributed by atoms with Crippen molar-refractivity contribution in [2.45, 2.75) is 31.8 Å². The molecule has 0 saturated carbocycles. The maximum absolute atomic E-state index is 14.3. The van der Waals surface area contributed by atoms with E-state index in [0.29, 0.717) is 5.02 Å². The number of rotatable bonds is 5. The van der Waals surface area contributed by atoms with Crippen LogP contribution in [0.15, 0.2) is 41.3 Å². The van der Waals surface area contributed by atoms with E-state index in [9.17, 15) is 22.7 Å². The summed E-state index contributed by atoms with van der Waals surface area (Å²) in [6, 6.07) is 7.79. The quantitative estimate of drug-likeness (QED) is 0.672. The lowest BCUT2D eigenvalue weighted by Gasteiger charge is -2.28. The summed E-state index contributed by atoms with van der Waals surface area (Å²) in [4.78, 5) is 11.5. The Morgan fingerprint density at radius 3 is 2.29 bits per heavy atom. The molecule has 6 nitrogen and oxygen atoms in total. The summed E-state index contributed by atoms with van der Waals surface area (Å²) in [6.45, 7) is 5.16. The zero-order chi connectivity index (χ0) is 23.6. The average molecular weight is 468 g/mol. The largest absolute Gasteiger partial charge is 0.478 e. The first kappa shape index (κ1) is 24.7. The highest BCUT2D eigenvalue weighted by molar-refractivity contribution is 7.89. The first-order valence-corrected chi connectivity index (χ1v) is 11.0. The van der Waals surface area contributed by atoms with Crippen LogP contribution < -0.4 is 4.74 Å². The Hall–Kier alpha value is -2.60. The van der Waals surface area contributed by atoms with Crippen molar-refractivity contribution >= 4 is 27.6 Å². The third kappa shape index (κ3) is 5.97. The van der Waals surface area contributed by atoms with Gasteiger partial charge in [-0.2, -0.15) is 0 Å². The van der Waals surface area contributed by atoms with E-state index in [1.165, 1.54) is 32.3 Å². The zero-order valence-electron chi connectivity index (χ0n) is 17.7. The number of nitrogens with zero attached hydrogens (tertiary/aromatic N) is 1. The van der Waals surface area contributed by atoms with Gasteiger partial charge in [-0.25, -0.2) is 21.9 Å². The van der Waals surface area contributed by atoms with Crippen LogP contribution in [0.25, 0.3) is 0 Å². The van der Waals surface area contributed by atoms with Crippen molar-refractivity contribution in [3.05, 3.63) is 58.4 Å². The highest BCUT2D eigenvalue weighted by atomic mass is 35.5. The number of hydrogen-bond donors (Lipinski definition) is 1. The average Bonchev–Trinajstić information content (AvgIpc) is 2.64. The summed E-state index contributed by atoms with van der Waals surface area (Å²) in [7, 11) is -1.03. The molecule has 9 heteroatoms. The zero-order valence-corrected chi connectivity index (χ0v) is 19.3. The molecule has 166 valence electrons. The van der Waals surface area contributed by atoms with E-state index in [2.05, 4.69) is 11.8 Å². The number of carboxylic acid groups (broad SMARTS) is 1. The first-order chi connectivity index (χ1) is 14.2. The second-order valence-corrected chi connectivity index (χ2v) is 10.6. The summed E-state index contributed by atoms with van der Waals surface area (Å²) in [5.41, 5.74) is -0.611. The number of carbonyl (C=O) groups is 1. The summed E-state index contributed by atoms with van der Waals surface area (Å²) < 4.78 is 45.6. The molecule has 0 bridgehead atoms. The van der Waals surface area contributed by atoms with Crippen molar-refractivity contribution in [3.8, 4) is 17.6 Å². The Labute approximate surface area is 186 Å². The first-order valence-electron chi connectivity index (χ1n) is 9.16. The van der Waals surface area contributed by atoms with Gasteiger partial charge < -0.3 is 9.84 Å². The molecule has 0 amide bonds. The van der Waals surface area contributed by atoms with Gasteiger partial charge in [0.1, 0.15) is 11.6 Å². The van der Waals surface area contributed by atoms with Gasteiger partial charge in [-0.3, -0.25) is 0 Å². The van der Waals surface area contributed by atoms with Crippen molar-refractivity contribution in [1.82, 2.24) is 4.31 Å². The molecule has 0 aromatic heterocycles. The lowest BCUT2D eigenvalue weighted by atomic mass is 9.89. The minimum atomic E-state index is -3.77. The van der Waals surface area contributed by atoms with Crippen LogP contribution in [0.1, 0.15) is 31.9 Å². The van der Waals surface area contributed by atoms with E-state index in [4.69, 9.17) is 16.3 Å². The third-order valence-electron chi connectivity index (χ3n) is 4.25. The van der Waals surface area contributed by atoms with Crippen LogP contribution in [-0.4, -0.2) is 44.0 Å². The van der Waals surface area contributed by atoms with Gasteiger partial charge in [-0.05, 0) is 36.4 Å². The van der Waals surface area contributed by atoms with Gasteiger partial charge in [0.25, 0.3) is 0 Å². The number of benzene rings is 2. The highest BCUT2D eigenvalue weighted by Crippen LogP contribution is 2.29. The fourth-order valence-electron chi connectivity index (χ4n) is 2.53. The topological polar surface area (TPSA) is 83.9 Å². The molecule has 0 radical (unpaired) electrons. The van der Waals surface area contributed by atoms with Crippen molar-refractivity contribution in [2.75, 3.05) is 14.1 Å². The molecule has 1 N–H and O–H groups in total. The molecule has 0 aliphatic rings. The molecular weight excluding hydrogens is 445 g/mol. The van der Waals surface area contributed by atoms with Crippen molar-refractivity contribution in [1.29, 1.82) is 0 Å². The number of carboxylic acids is 1. The van der Waals surface area contributed by atoms with Crippen LogP contribution in [0.2, 0.25) is 5.02 Å². The Bertz CT molecular complexity index is 1160. The van der Waals surface area contributed by atoms with Crippen LogP contribution in [0, 0.1) is 23.1 Å². The van der Waals surface area contributed by atoms with Gasteiger partial charge in [0.05, 0.1) is 16.0 Å². The van der Waals surface area contributed by atoms with Crippen LogP contribution in [0.5, 0.6) is 5.75 Å².